The Morgan fingerprint density at radius 1 is 1.03 bits per heavy atom. The van der Waals surface area contributed by atoms with Crippen molar-refractivity contribution in [3.05, 3.63) is 59.7 Å². The first-order chi connectivity index (χ1) is 14.1. The maximum atomic E-state index is 12.5. The number of para-hydroxylation sites is 1. The van der Waals surface area contributed by atoms with E-state index in [4.69, 9.17) is 9.47 Å². The summed E-state index contributed by atoms with van der Waals surface area (Å²) in [6.45, 7) is 3.74. The van der Waals surface area contributed by atoms with Gasteiger partial charge in [-0.15, -0.1) is 0 Å². The first-order valence-electron chi connectivity index (χ1n) is 10.4. The molecule has 1 atom stereocenters. The van der Waals surface area contributed by atoms with Crippen LogP contribution in [0.1, 0.15) is 61.9 Å². The Labute approximate surface area is 172 Å². The van der Waals surface area contributed by atoms with Gasteiger partial charge in [-0.3, -0.25) is 4.79 Å². The smallest absolute Gasteiger partial charge is 0.347 e. The summed E-state index contributed by atoms with van der Waals surface area (Å²) in [5.41, 5.74) is 2.44. The van der Waals surface area contributed by atoms with Gasteiger partial charge < -0.3 is 14.8 Å². The lowest BCUT2D eigenvalue weighted by Gasteiger charge is -2.23. The van der Waals surface area contributed by atoms with E-state index in [9.17, 15) is 9.59 Å². The predicted molar refractivity (Wildman–Crippen MR) is 113 cm³/mol. The zero-order chi connectivity index (χ0) is 20.6. The lowest BCUT2D eigenvalue weighted by molar-refractivity contribution is -0.158. The lowest BCUT2D eigenvalue weighted by Crippen LogP contribution is -2.31. The van der Waals surface area contributed by atoms with E-state index in [1.807, 2.05) is 24.3 Å². The molecule has 0 spiro atoms. The second-order valence-corrected chi connectivity index (χ2v) is 7.45. The third-order valence-electron chi connectivity index (χ3n) is 5.24. The van der Waals surface area contributed by atoms with Gasteiger partial charge >= 0.3 is 5.97 Å². The number of rotatable bonds is 7. The summed E-state index contributed by atoms with van der Waals surface area (Å²) in [6.07, 6.45) is 5.47. The van der Waals surface area contributed by atoms with Crippen LogP contribution in [0.2, 0.25) is 0 Å². The van der Waals surface area contributed by atoms with Crippen molar-refractivity contribution < 1.29 is 19.1 Å². The third kappa shape index (κ3) is 5.83. The largest absolute Gasteiger partial charge is 0.479 e. The molecule has 0 saturated heterocycles. The molecule has 29 heavy (non-hydrogen) atoms. The number of hydrogen-bond donors (Lipinski definition) is 1. The minimum absolute atomic E-state index is 0.0133. The summed E-state index contributed by atoms with van der Waals surface area (Å²) >= 11 is 0. The van der Waals surface area contributed by atoms with E-state index >= 15 is 0 Å². The average Bonchev–Trinajstić information content (AvgIpc) is 2.75. The van der Waals surface area contributed by atoms with Gasteiger partial charge in [-0.05, 0) is 74.9 Å². The van der Waals surface area contributed by atoms with E-state index in [1.54, 1.807) is 31.2 Å². The van der Waals surface area contributed by atoms with Crippen LogP contribution in [0, 0.1) is 0 Å². The summed E-state index contributed by atoms with van der Waals surface area (Å²) in [7, 11) is 0. The number of anilines is 1. The second-order valence-electron chi connectivity index (χ2n) is 7.45. The van der Waals surface area contributed by atoms with Crippen LogP contribution in [0.25, 0.3) is 0 Å². The molecule has 154 valence electrons. The van der Waals surface area contributed by atoms with Gasteiger partial charge in [-0.25, -0.2) is 4.79 Å². The van der Waals surface area contributed by atoms with Crippen LogP contribution in [0.3, 0.4) is 0 Å². The Balaban J connectivity index is 1.55. The molecule has 1 amide bonds. The van der Waals surface area contributed by atoms with E-state index < -0.39 is 6.10 Å². The van der Waals surface area contributed by atoms with Gasteiger partial charge in [0.25, 0.3) is 5.91 Å². The molecule has 1 saturated carbocycles. The zero-order valence-electron chi connectivity index (χ0n) is 17.1. The molecule has 0 radical (unpaired) electrons. The van der Waals surface area contributed by atoms with Gasteiger partial charge in [0.2, 0.25) is 0 Å². The molecule has 0 bridgehead atoms. The Hall–Kier alpha value is -2.82. The highest BCUT2D eigenvalue weighted by Gasteiger charge is 2.23. The van der Waals surface area contributed by atoms with Gasteiger partial charge in [-0.1, -0.05) is 31.5 Å². The fourth-order valence-corrected chi connectivity index (χ4v) is 3.53. The van der Waals surface area contributed by atoms with Crippen molar-refractivity contribution in [2.24, 2.45) is 0 Å². The topological polar surface area (TPSA) is 64.6 Å². The van der Waals surface area contributed by atoms with Crippen molar-refractivity contribution >= 4 is 17.6 Å². The molecular weight excluding hydrogens is 366 g/mol. The third-order valence-corrected chi connectivity index (χ3v) is 5.24. The first-order valence-corrected chi connectivity index (χ1v) is 10.4. The van der Waals surface area contributed by atoms with E-state index in [1.165, 1.54) is 6.42 Å². The van der Waals surface area contributed by atoms with E-state index in [-0.39, 0.29) is 18.0 Å². The number of amides is 1. The molecule has 1 N–H and O–H groups in total. The maximum Gasteiger partial charge on any atom is 0.347 e. The predicted octanol–water partition coefficient (Wildman–Crippen LogP) is 5.14. The average molecular weight is 395 g/mol. The van der Waals surface area contributed by atoms with E-state index in [0.717, 1.165) is 43.4 Å². The molecule has 3 rings (SSSR count). The Morgan fingerprint density at radius 2 is 1.72 bits per heavy atom. The van der Waals surface area contributed by atoms with E-state index in [2.05, 4.69) is 12.2 Å². The SMILES string of the molecule is CCc1ccccc1NC(=O)c1ccc(O[C@H](C)C(=O)OC2CCCCC2)cc1. The fraction of sp³-hybridized carbons (Fsp3) is 0.417. The molecule has 5 nitrogen and oxygen atoms in total. The second kappa shape index (κ2) is 10.1. The standard InChI is InChI=1S/C24H29NO4/c1-3-18-9-7-8-12-22(18)25-23(26)19-13-15-21(16-14-19)28-17(2)24(27)29-20-10-5-4-6-11-20/h7-9,12-17,20H,3-6,10-11H2,1-2H3,(H,25,26)/t17-/m1/s1. The number of esters is 1. The molecule has 2 aromatic rings. The van der Waals surface area contributed by atoms with Crippen molar-refractivity contribution in [1.29, 1.82) is 0 Å². The number of hydrogen-bond acceptors (Lipinski definition) is 4. The summed E-state index contributed by atoms with van der Waals surface area (Å²) in [5, 5.41) is 2.95. The quantitative estimate of drug-likeness (QED) is 0.659. The number of benzene rings is 2. The summed E-state index contributed by atoms with van der Waals surface area (Å²) in [4.78, 5) is 24.8. The van der Waals surface area contributed by atoms with Gasteiger partial charge in [-0.2, -0.15) is 0 Å². The van der Waals surface area contributed by atoms with Crippen molar-refractivity contribution in [2.45, 2.75) is 64.6 Å². The molecule has 1 aliphatic carbocycles. The van der Waals surface area contributed by atoms with Crippen LogP contribution in [0.5, 0.6) is 5.75 Å². The normalized spacial score (nSPS) is 15.4. The van der Waals surface area contributed by atoms with Gasteiger partial charge in [0.1, 0.15) is 11.9 Å². The Bertz CT molecular complexity index is 825. The summed E-state index contributed by atoms with van der Waals surface area (Å²) in [5.74, 6) is 0.0145. The number of carbonyl (C=O) groups is 2. The Kier molecular flexibility index (Phi) is 7.28. The van der Waals surface area contributed by atoms with E-state index in [0.29, 0.717) is 11.3 Å². The van der Waals surface area contributed by atoms with Crippen LogP contribution in [-0.4, -0.2) is 24.1 Å². The minimum atomic E-state index is -0.687. The Morgan fingerprint density at radius 3 is 2.41 bits per heavy atom. The number of carbonyl (C=O) groups excluding carboxylic acids is 2. The molecule has 1 fully saturated rings. The van der Waals surface area contributed by atoms with Crippen molar-refractivity contribution in [3.63, 3.8) is 0 Å². The molecule has 0 aromatic heterocycles. The molecule has 5 heteroatoms. The molecule has 0 heterocycles. The lowest BCUT2D eigenvalue weighted by atomic mass is 9.98. The van der Waals surface area contributed by atoms with Crippen LogP contribution >= 0.6 is 0 Å². The number of ether oxygens (including phenoxy) is 2. The van der Waals surface area contributed by atoms with Crippen molar-refractivity contribution in [3.8, 4) is 5.75 Å². The molecule has 0 aliphatic heterocycles. The van der Waals surface area contributed by atoms with Crippen molar-refractivity contribution in [2.75, 3.05) is 5.32 Å². The van der Waals surface area contributed by atoms with Crippen molar-refractivity contribution in [1.82, 2.24) is 0 Å². The summed E-state index contributed by atoms with van der Waals surface area (Å²) in [6, 6.07) is 14.5. The zero-order valence-corrected chi connectivity index (χ0v) is 17.1. The molecule has 1 aliphatic rings. The number of nitrogens with one attached hydrogen (secondary N) is 1. The molecule has 0 unspecified atom stereocenters. The van der Waals surface area contributed by atoms with Crippen LogP contribution in [-0.2, 0) is 16.0 Å². The van der Waals surface area contributed by atoms with Crippen LogP contribution < -0.4 is 10.1 Å². The highest BCUT2D eigenvalue weighted by Crippen LogP contribution is 2.22. The highest BCUT2D eigenvalue weighted by molar-refractivity contribution is 6.04. The van der Waals surface area contributed by atoms with Crippen LogP contribution in [0.15, 0.2) is 48.5 Å². The first kappa shape index (κ1) is 20.9. The summed E-state index contributed by atoms with van der Waals surface area (Å²) < 4.78 is 11.2. The fourth-order valence-electron chi connectivity index (χ4n) is 3.53. The highest BCUT2D eigenvalue weighted by atomic mass is 16.6. The van der Waals surface area contributed by atoms with Crippen LogP contribution in [0.4, 0.5) is 5.69 Å². The van der Waals surface area contributed by atoms with Gasteiger partial charge in [0.15, 0.2) is 6.10 Å². The van der Waals surface area contributed by atoms with Gasteiger partial charge in [0, 0.05) is 11.3 Å². The monoisotopic (exact) mass is 395 g/mol. The maximum absolute atomic E-state index is 12.5. The number of aryl methyl sites for hydroxylation is 1. The minimum Gasteiger partial charge on any atom is -0.479 e. The van der Waals surface area contributed by atoms with Gasteiger partial charge in [0.05, 0.1) is 0 Å². The molecular formula is C24H29NO4. The molecule has 2 aromatic carbocycles.